The standard InChI is InChI=1S/C14H14N4O3S/c19-8-9-1-2-10-11(5-9)22-14(16-10)17-12(20)7-18-4-3-15-6-13(18)21/h1-2,5,8,15H,3-4,6-7H2,(H,16,17,20). The van der Waals surface area contributed by atoms with Crippen molar-refractivity contribution in [2.45, 2.75) is 0 Å². The number of nitrogens with one attached hydrogen (secondary N) is 2. The third-order valence-electron chi connectivity index (χ3n) is 3.32. The van der Waals surface area contributed by atoms with E-state index >= 15 is 0 Å². The molecule has 1 fully saturated rings. The van der Waals surface area contributed by atoms with Crippen LogP contribution >= 0.6 is 11.3 Å². The molecule has 22 heavy (non-hydrogen) atoms. The van der Waals surface area contributed by atoms with Crippen molar-refractivity contribution in [2.75, 3.05) is 31.5 Å². The summed E-state index contributed by atoms with van der Waals surface area (Å²) in [6, 6.07) is 5.15. The summed E-state index contributed by atoms with van der Waals surface area (Å²) in [7, 11) is 0. The Kier molecular flexibility index (Phi) is 4.12. The monoisotopic (exact) mass is 318 g/mol. The fourth-order valence-electron chi connectivity index (χ4n) is 2.21. The molecule has 0 aliphatic carbocycles. The first kappa shape index (κ1) is 14.6. The quantitative estimate of drug-likeness (QED) is 0.800. The molecule has 8 heteroatoms. The van der Waals surface area contributed by atoms with Gasteiger partial charge in [-0.3, -0.25) is 14.4 Å². The molecule has 2 heterocycles. The van der Waals surface area contributed by atoms with Gasteiger partial charge < -0.3 is 15.5 Å². The second kappa shape index (κ2) is 6.20. The van der Waals surface area contributed by atoms with E-state index in [-0.39, 0.29) is 24.9 Å². The van der Waals surface area contributed by atoms with Crippen molar-refractivity contribution < 1.29 is 14.4 Å². The first-order valence-electron chi connectivity index (χ1n) is 6.80. The van der Waals surface area contributed by atoms with Crippen LogP contribution in [0.5, 0.6) is 0 Å². The van der Waals surface area contributed by atoms with Crippen molar-refractivity contribution in [3.8, 4) is 0 Å². The minimum atomic E-state index is -0.273. The number of hydrogen-bond donors (Lipinski definition) is 2. The van der Waals surface area contributed by atoms with Gasteiger partial charge in [-0.2, -0.15) is 0 Å². The Bertz CT molecular complexity index is 743. The predicted octanol–water partition coefficient (Wildman–Crippen LogP) is 0.479. The van der Waals surface area contributed by atoms with Gasteiger partial charge >= 0.3 is 0 Å². The van der Waals surface area contributed by atoms with Gasteiger partial charge in [-0.25, -0.2) is 4.98 Å². The van der Waals surface area contributed by atoms with E-state index in [0.717, 1.165) is 16.5 Å². The summed E-state index contributed by atoms with van der Waals surface area (Å²) < 4.78 is 0.832. The third kappa shape index (κ3) is 3.12. The maximum absolute atomic E-state index is 12.0. The number of aldehydes is 1. The normalized spacial score (nSPS) is 15.1. The summed E-state index contributed by atoms with van der Waals surface area (Å²) in [4.78, 5) is 40.2. The molecule has 114 valence electrons. The summed E-state index contributed by atoms with van der Waals surface area (Å²) >= 11 is 1.30. The highest BCUT2D eigenvalue weighted by molar-refractivity contribution is 7.22. The Morgan fingerprint density at radius 1 is 1.50 bits per heavy atom. The van der Waals surface area contributed by atoms with Crippen LogP contribution < -0.4 is 10.6 Å². The highest BCUT2D eigenvalue weighted by Crippen LogP contribution is 2.26. The van der Waals surface area contributed by atoms with Crippen molar-refractivity contribution in [2.24, 2.45) is 0 Å². The largest absolute Gasteiger partial charge is 0.331 e. The molecule has 0 bridgehead atoms. The maximum Gasteiger partial charge on any atom is 0.245 e. The van der Waals surface area contributed by atoms with E-state index in [1.54, 1.807) is 18.2 Å². The minimum absolute atomic E-state index is 0.0238. The number of aromatic nitrogens is 1. The number of amides is 2. The number of nitrogens with zero attached hydrogens (tertiary/aromatic N) is 2. The molecule has 1 aromatic heterocycles. The SMILES string of the molecule is O=Cc1ccc2nc(NC(=O)CN3CCNCC3=O)sc2c1. The summed E-state index contributed by atoms with van der Waals surface area (Å²) in [5, 5.41) is 6.12. The summed E-state index contributed by atoms with van der Waals surface area (Å²) in [6.07, 6.45) is 0.771. The Hall–Kier alpha value is -2.32. The first-order valence-corrected chi connectivity index (χ1v) is 7.61. The average Bonchev–Trinajstić information content (AvgIpc) is 2.90. The topological polar surface area (TPSA) is 91.4 Å². The lowest BCUT2D eigenvalue weighted by Gasteiger charge is -2.26. The first-order chi connectivity index (χ1) is 10.7. The van der Waals surface area contributed by atoms with Crippen LogP contribution in [0.3, 0.4) is 0 Å². The van der Waals surface area contributed by atoms with Gasteiger partial charge in [0, 0.05) is 18.7 Å². The molecule has 1 saturated heterocycles. The smallest absolute Gasteiger partial charge is 0.245 e. The molecule has 1 aromatic carbocycles. The second-order valence-electron chi connectivity index (χ2n) is 4.90. The average molecular weight is 318 g/mol. The lowest BCUT2D eigenvalue weighted by molar-refractivity contribution is -0.135. The van der Waals surface area contributed by atoms with Gasteiger partial charge in [0.15, 0.2) is 5.13 Å². The predicted molar refractivity (Wildman–Crippen MR) is 83.1 cm³/mol. The van der Waals surface area contributed by atoms with Gasteiger partial charge in [0.2, 0.25) is 11.8 Å². The van der Waals surface area contributed by atoms with Gasteiger partial charge in [0.25, 0.3) is 0 Å². The Balaban J connectivity index is 1.68. The minimum Gasteiger partial charge on any atom is -0.331 e. The number of anilines is 1. The van der Waals surface area contributed by atoms with Crippen LogP contribution in [-0.4, -0.2) is 54.2 Å². The fourth-order valence-corrected chi connectivity index (χ4v) is 3.14. The van der Waals surface area contributed by atoms with Crippen molar-refractivity contribution >= 4 is 44.8 Å². The van der Waals surface area contributed by atoms with E-state index < -0.39 is 0 Å². The van der Waals surface area contributed by atoms with Crippen LogP contribution in [-0.2, 0) is 9.59 Å². The molecular weight excluding hydrogens is 304 g/mol. The zero-order valence-corrected chi connectivity index (χ0v) is 12.5. The maximum atomic E-state index is 12.0. The third-order valence-corrected chi connectivity index (χ3v) is 4.25. The van der Waals surface area contributed by atoms with Crippen molar-refractivity contribution in [1.82, 2.24) is 15.2 Å². The highest BCUT2D eigenvalue weighted by Gasteiger charge is 2.20. The van der Waals surface area contributed by atoms with Gasteiger partial charge in [0.05, 0.1) is 16.8 Å². The van der Waals surface area contributed by atoms with E-state index in [1.165, 1.54) is 16.2 Å². The van der Waals surface area contributed by atoms with E-state index in [2.05, 4.69) is 15.6 Å². The van der Waals surface area contributed by atoms with Crippen LogP contribution in [0.1, 0.15) is 10.4 Å². The fraction of sp³-hybridized carbons (Fsp3) is 0.286. The molecule has 7 nitrogen and oxygen atoms in total. The number of rotatable bonds is 4. The summed E-state index contributed by atoms with van der Waals surface area (Å²) in [5.74, 6) is -0.355. The molecule has 0 radical (unpaired) electrons. The number of thiazole rings is 1. The van der Waals surface area contributed by atoms with Crippen LogP contribution in [0, 0.1) is 0 Å². The Morgan fingerprint density at radius 3 is 3.14 bits per heavy atom. The molecule has 2 N–H and O–H groups in total. The molecule has 2 amide bonds. The van der Waals surface area contributed by atoms with Gasteiger partial charge in [-0.05, 0) is 18.2 Å². The molecule has 2 aromatic rings. The molecule has 0 spiro atoms. The highest BCUT2D eigenvalue weighted by atomic mass is 32.1. The zero-order valence-electron chi connectivity index (χ0n) is 11.7. The lowest BCUT2D eigenvalue weighted by atomic mass is 10.2. The summed E-state index contributed by atoms with van der Waals surface area (Å²) in [5.41, 5.74) is 1.30. The van der Waals surface area contributed by atoms with Crippen LogP contribution in [0.2, 0.25) is 0 Å². The molecular formula is C14H14N4O3S. The number of carbonyl (C=O) groups excluding carboxylic acids is 3. The van der Waals surface area contributed by atoms with Crippen molar-refractivity contribution in [3.63, 3.8) is 0 Å². The van der Waals surface area contributed by atoms with Crippen molar-refractivity contribution in [1.29, 1.82) is 0 Å². The number of carbonyl (C=O) groups is 3. The molecule has 0 saturated carbocycles. The van der Waals surface area contributed by atoms with E-state index in [1.807, 2.05) is 0 Å². The van der Waals surface area contributed by atoms with Crippen LogP contribution in [0.4, 0.5) is 5.13 Å². The van der Waals surface area contributed by atoms with E-state index in [9.17, 15) is 14.4 Å². The second-order valence-corrected chi connectivity index (χ2v) is 5.93. The molecule has 3 rings (SSSR count). The summed E-state index contributed by atoms with van der Waals surface area (Å²) in [6.45, 7) is 1.50. The number of hydrogen-bond acceptors (Lipinski definition) is 6. The number of piperazine rings is 1. The molecule has 1 aliphatic rings. The van der Waals surface area contributed by atoms with Gasteiger partial charge in [0.1, 0.15) is 12.8 Å². The van der Waals surface area contributed by atoms with Crippen LogP contribution in [0.25, 0.3) is 10.2 Å². The van der Waals surface area contributed by atoms with E-state index in [0.29, 0.717) is 23.8 Å². The molecule has 0 atom stereocenters. The zero-order chi connectivity index (χ0) is 15.5. The van der Waals surface area contributed by atoms with E-state index in [4.69, 9.17) is 0 Å². The Morgan fingerprint density at radius 2 is 2.36 bits per heavy atom. The van der Waals surface area contributed by atoms with Crippen LogP contribution in [0.15, 0.2) is 18.2 Å². The Labute approximate surface area is 130 Å². The molecule has 1 aliphatic heterocycles. The van der Waals surface area contributed by atoms with Gasteiger partial charge in [-0.1, -0.05) is 11.3 Å². The number of benzene rings is 1. The van der Waals surface area contributed by atoms with Gasteiger partial charge in [-0.15, -0.1) is 0 Å². The lowest BCUT2D eigenvalue weighted by Crippen LogP contribution is -2.50. The number of fused-ring (bicyclic) bond motifs is 1. The molecule has 0 unspecified atom stereocenters. The van der Waals surface area contributed by atoms with Crippen molar-refractivity contribution in [3.05, 3.63) is 23.8 Å².